The normalized spacial score (nSPS) is 11.9. The molecule has 2 aromatic rings. The molecule has 0 amide bonds. The van der Waals surface area contributed by atoms with Crippen molar-refractivity contribution in [2.75, 3.05) is 0 Å². The van der Waals surface area contributed by atoms with Gasteiger partial charge in [0.1, 0.15) is 10.7 Å². The van der Waals surface area contributed by atoms with E-state index in [1.165, 1.54) is 0 Å². The fraction of sp³-hybridized carbons (Fsp3) is 0.167. The summed E-state index contributed by atoms with van der Waals surface area (Å²) in [5, 5.41) is 4.69. The molecule has 0 bridgehead atoms. The van der Waals surface area contributed by atoms with Crippen molar-refractivity contribution in [2.45, 2.75) is 6.92 Å². The summed E-state index contributed by atoms with van der Waals surface area (Å²) in [5.74, 6) is 0. The summed E-state index contributed by atoms with van der Waals surface area (Å²) in [4.78, 5) is 8.35. The summed E-state index contributed by atoms with van der Waals surface area (Å²) < 4.78 is 1.81. The second kappa shape index (κ2) is 3.63. The van der Waals surface area contributed by atoms with Crippen LogP contribution in [0.2, 0.25) is 5.15 Å². The van der Waals surface area contributed by atoms with E-state index in [-0.39, 0.29) is 0 Å². The van der Waals surface area contributed by atoms with Crippen LogP contribution in [0.25, 0.3) is 11.2 Å². The molecule has 68 valence electrons. The largest absolute Gasteiger partial charge is 0.248 e. The molecule has 0 saturated heterocycles. The molecule has 2 rings (SSSR count). The van der Waals surface area contributed by atoms with E-state index < -0.39 is 0 Å². The molecule has 2 heterocycles. The summed E-state index contributed by atoms with van der Waals surface area (Å²) in [7, 11) is 0. The van der Waals surface area contributed by atoms with Crippen molar-refractivity contribution in [3.8, 4) is 0 Å². The standard InChI is InChI=1S/C6H5ClIN4P/c1-3-5-6(12(11-3)13-8)10-4(7)2-9-5/h2,13H,1H3. The maximum Gasteiger partial charge on any atom is 0.182 e. The predicted molar refractivity (Wildman–Crippen MR) is 62.8 cm³/mol. The fourth-order valence-electron chi connectivity index (χ4n) is 1.07. The summed E-state index contributed by atoms with van der Waals surface area (Å²) in [6, 6.07) is 0. The molecule has 0 radical (unpaired) electrons. The van der Waals surface area contributed by atoms with Crippen molar-refractivity contribution in [1.82, 2.24) is 19.5 Å². The Labute approximate surface area is 94.4 Å². The highest BCUT2D eigenvalue weighted by Crippen LogP contribution is 2.28. The van der Waals surface area contributed by atoms with Crippen LogP contribution >= 0.6 is 40.0 Å². The lowest BCUT2D eigenvalue weighted by atomic mass is 10.4. The number of hydrogen-bond acceptors (Lipinski definition) is 3. The van der Waals surface area contributed by atoms with Crippen molar-refractivity contribution >= 4 is 51.2 Å². The van der Waals surface area contributed by atoms with Crippen LogP contribution < -0.4 is 0 Å². The number of fused-ring (bicyclic) bond motifs is 1. The molecule has 1 atom stereocenters. The molecule has 7 heteroatoms. The zero-order chi connectivity index (χ0) is 9.42. The third-order valence-electron chi connectivity index (χ3n) is 1.60. The Hall–Kier alpha value is -0.000000000000000167. The van der Waals surface area contributed by atoms with Gasteiger partial charge >= 0.3 is 0 Å². The van der Waals surface area contributed by atoms with Gasteiger partial charge in [-0.25, -0.2) is 14.4 Å². The first-order valence-corrected chi connectivity index (χ1v) is 7.91. The van der Waals surface area contributed by atoms with Crippen molar-refractivity contribution in [2.24, 2.45) is 0 Å². The monoisotopic (exact) mass is 326 g/mol. The average Bonchev–Trinajstić information content (AvgIpc) is 2.42. The van der Waals surface area contributed by atoms with Crippen molar-refractivity contribution < 1.29 is 0 Å². The highest BCUT2D eigenvalue weighted by atomic mass is 127. The van der Waals surface area contributed by atoms with E-state index in [0.29, 0.717) is 11.5 Å². The first-order valence-electron chi connectivity index (χ1n) is 3.47. The van der Waals surface area contributed by atoms with Gasteiger partial charge in [0.05, 0.1) is 18.3 Å². The third kappa shape index (κ3) is 1.65. The molecule has 0 aliphatic carbocycles. The number of halogens is 2. The molecule has 0 saturated carbocycles. The Bertz CT molecular complexity index is 457. The molecule has 1 unspecified atom stereocenters. The van der Waals surface area contributed by atoms with E-state index in [1.54, 1.807) is 6.20 Å². The smallest absolute Gasteiger partial charge is 0.182 e. The van der Waals surface area contributed by atoms with Gasteiger partial charge < -0.3 is 0 Å². The van der Waals surface area contributed by atoms with E-state index in [9.17, 15) is 0 Å². The van der Waals surface area contributed by atoms with Crippen LogP contribution in [0.15, 0.2) is 6.20 Å². The molecule has 0 N–H and O–H groups in total. The lowest BCUT2D eigenvalue weighted by Gasteiger charge is -1.94. The van der Waals surface area contributed by atoms with Crippen LogP contribution in [0.5, 0.6) is 0 Å². The van der Waals surface area contributed by atoms with Crippen LogP contribution in [0.4, 0.5) is 0 Å². The van der Waals surface area contributed by atoms with Crippen LogP contribution in [-0.4, -0.2) is 19.5 Å². The third-order valence-corrected chi connectivity index (χ3v) is 3.62. The quantitative estimate of drug-likeness (QED) is 0.597. The first-order chi connectivity index (χ1) is 6.22. The molecular formula is C6H5ClIN4P. The Kier molecular flexibility index (Phi) is 2.67. The van der Waals surface area contributed by atoms with Crippen LogP contribution in [-0.2, 0) is 0 Å². The van der Waals surface area contributed by atoms with Crippen molar-refractivity contribution in [1.29, 1.82) is 0 Å². The summed E-state index contributed by atoms with van der Waals surface area (Å²) in [6.45, 7) is 1.91. The van der Waals surface area contributed by atoms with E-state index in [2.05, 4.69) is 37.1 Å². The highest BCUT2D eigenvalue weighted by molar-refractivity contribution is 14.2. The summed E-state index contributed by atoms with van der Waals surface area (Å²) in [5.41, 5.74) is 2.48. The van der Waals surface area contributed by atoms with Gasteiger partial charge in [-0.1, -0.05) is 11.6 Å². The second-order valence-electron chi connectivity index (χ2n) is 2.45. The Balaban J connectivity index is 2.81. The highest BCUT2D eigenvalue weighted by Gasteiger charge is 2.09. The molecule has 0 aliphatic heterocycles. The van der Waals surface area contributed by atoms with Crippen LogP contribution in [0.1, 0.15) is 5.69 Å². The van der Waals surface area contributed by atoms with Gasteiger partial charge in [0.25, 0.3) is 0 Å². The minimum absolute atomic E-state index is 0.406. The van der Waals surface area contributed by atoms with Gasteiger partial charge in [0.2, 0.25) is 0 Å². The predicted octanol–water partition coefficient (Wildman–Crippen LogP) is 2.58. The molecule has 13 heavy (non-hydrogen) atoms. The van der Waals surface area contributed by atoms with Gasteiger partial charge in [-0.05, 0) is 29.0 Å². The number of aromatic nitrogens is 4. The molecule has 0 spiro atoms. The van der Waals surface area contributed by atoms with Crippen molar-refractivity contribution in [3.63, 3.8) is 0 Å². The number of nitrogens with zero attached hydrogens (tertiary/aromatic N) is 4. The Morgan fingerprint density at radius 3 is 3.08 bits per heavy atom. The van der Waals surface area contributed by atoms with Gasteiger partial charge in [-0.2, -0.15) is 5.10 Å². The zero-order valence-electron chi connectivity index (χ0n) is 6.62. The van der Waals surface area contributed by atoms with E-state index >= 15 is 0 Å². The Morgan fingerprint density at radius 1 is 1.62 bits per heavy atom. The maximum absolute atomic E-state index is 5.74. The molecule has 0 aliphatic rings. The van der Waals surface area contributed by atoms with Gasteiger partial charge in [-0.3, -0.25) is 0 Å². The molecule has 2 aromatic heterocycles. The minimum atomic E-state index is 0.406. The topological polar surface area (TPSA) is 43.6 Å². The molecule has 4 nitrogen and oxygen atoms in total. The van der Waals surface area contributed by atoms with Gasteiger partial charge in [0.15, 0.2) is 5.65 Å². The summed E-state index contributed by atoms with van der Waals surface area (Å²) >= 11 is 7.99. The average molecular weight is 326 g/mol. The number of hydrogen-bond donors (Lipinski definition) is 0. The van der Waals surface area contributed by atoms with Crippen molar-refractivity contribution in [3.05, 3.63) is 17.0 Å². The van der Waals surface area contributed by atoms with E-state index in [0.717, 1.165) is 16.9 Å². The Morgan fingerprint density at radius 2 is 2.38 bits per heavy atom. The number of rotatable bonds is 1. The molecule has 0 aromatic carbocycles. The summed E-state index contributed by atoms with van der Waals surface area (Å²) in [6.07, 6.45) is 2.06. The SMILES string of the molecule is Cc1nn(PI)c2nc(Cl)cnc12. The van der Waals surface area contributed by atoms with Crippen LogP contribution in [0, 0.1) is 6.92 Å². The number of aryl methyl sites for hydroxylation is 1. The molecular weight excluding hydrogens is 321 g/mol. The lowest BCUT2D eigenvalue weighted by molar-refractivity contribution is 0.990. The van der Waals surface area contributed by atoms with Gasteiger partial charge in [0, 0.05) is 0 Å². The molecule has 0 fully saturated rings. The first kappa shape index (κ1) is 9.55. The lowest BCUT2D eigenvalue weighted by Crippen LogP contribution is -1.87. The van der Waals surface area contributed by atoms with E-state index in [4.69, 9.17) is 11.6 Å². The van der Waals surface area contributed by atoms with E-state index in [1.807, 2.05) is 11.4 Å². The second-order valence-corrected chi connectivity index (χ2v) is 4.87. The van der Waals surface area contributed by atoms with Gasteiger partial charge in [-0.15, -0.1) is 0 Å². The zero-order valence-corrected chi connectivity index (χ0v) is 10.5. The van der Waals surface area contributed by atoms with Crippen LogP contribution in [0.3, 0.4) is 0 Å². The minimum Gasteiger partial charge on any atom is -0.248 e. The fourth-order valence-corrected chi connectivity index (χ4v) is 2.63. The maximum atomic E-state index is 5.74.